The summed E-state index contributed by atoms with van der Waals surface area (Å²) in [5, 5.41) is 0. The molecule has 0 atom stereocenters. The Kier molecular flexibility index (Phi) is 2.70. The van der Waals surface area contributed by atoms with Crippen LogP contribution < -0.4 is 0 Å². The van der Waals surface area contributed by atoms with Crippen molar-refractivity contribution in [2.24, 2.45) is 0 Å². The van der Waals surface area contributed by atoms with Crippen molar-refractivity contribution in [3.8, 4) is 0 Å². The van der Waals surface area contributed by atoms with Crippen molar-refractivity contribution in [3.63, 3.8) is 0 Å². The Hall–Kier alpha value is 0.310. The molecule has 0 aromatic heterocycles. The lowest BCUT2D eigenvalue weighted by Gasteiger charge is -2.10. The second kappa shape index (κ2) is 3.36. The fourth-order valence-electron chi connectivity index (χ4n) is 1.14. The van der Waals surface area contributed by atoms with Crippen LogP contribution in [0.4, 0.5) is 0 Å². The van der Waals surface area contributed by atoms with Crippen LogP contribution in [-0.2, 0) is 0 Å². The van der Waals surface area contributed by atoms with Gasteiger partial charge in [0, 0.05) is 12.3 Å². The zero-order chi connectivity index (χ0) is 5.82. The van der Waals surface area contributed by atoms with E-state index < -0.39 is 0 Å². The molecule has 1 saturated heterocycles. The molecule has 0 aromatic rings. The Labute approximate surface area is 56.5 Å². The molecule has 0 unspecified atom stereocenters. The second-order valence-corrected chi connectivity index (χ2v) is 2.66. The minimum absolute atomic E-state index is 0.903. The molecule has 1 rings (SSSR count). The standard InChI is InChI=1S/C6H12NS/c8-6-5-7-3-1-2-4-7/h1-6H2. The van der Waals surface area contributed by atoms with E-state index in [1.54, 1.807) is 0 Å². The van der Waals surface area contributed by atoms with Crippen molar-refractivity contribution in [1.29, 1.82) is 0 Å². The van der Waals surface area contributed by atoms with Crippen LogP contribution in [-0.4, -0.2) is 30.3 Å². The highest BCUT2D eigenvalue weighted by atomic mass is 32.1. The summed E-state index contributed by atoms with van der Waals surface area (Å²) in [6.07, 6.45) is 2.77. The largest absolute Gasteiger partial charge is 0.302 e. The van der Waals surface area contributed by atoms with Gasteiger partial charge in [0.05, 0.1) is 0 Å². The molecule has 0 amide bonds. The average molecular weight is 130 g/mol. The Balaban J connectivity index is 2.06. The highest BCUT2D eigenvalue weighted by molar-refractivity contribution is 7.80. The van der Waals surface area contributed by atoms with Gasteiger partial charge in [-0.05, 0) is 25.9 Å². The highest BCUT2D eigenvalue weighted by Gasteiger charge is 2.08. The first kappa shape index (κ1) is 6.43. The smallest absolute Gasteiger partial charge is 0.0165 e. The molecule has 1 aliphatic rings. The topological polar surface area (TPSA) is 3.24 Å². The zero-order valence-electron chi connectivity index (χ0n) is 5.10. The Bertz CT molecular complexity index is 59.5. The highest BCUT2D eigenvalue weighted by Crippen LogP contribution is 2.05. The van der Waals surface area contributed by atoms with E-state index in [2.05, 4.69) is 4.90 Å². The van der Waals surface area contributed by atoms with E-state index in [4.69, 9.17) is 12.6 Å². The third-order valence-corrected chi connectivity index (χ3v) is 1.79. The fourth-order valence-corrected chi connectivity index (χ4v) is 1.39. The number of likely N-dealkylation sites (tertiary alicyclic amines) is 1. The van der Waals surface area contributed by atoms with Crippen molar-refractivity contribution < 1.29 is 0 Å². The van der Waals surface area contributed by atoms with E-state index in [1.807, 2.05) is 0 Å². The number of rotatable bonds is 2. The van der Waals surface area contributed by atoms with E-state index in [0.717, 1.165) is 12.3 Å². The Morgan fingerprint density at radius 2 is 1.88 bits per heavy atom. The van der Waals surface area contributed by atoms with E-state index >= 15 is 0 Å². The minimum Gasteiger partial charge on any atom is -0.302 e. The third-order valence-electron chi connectivity index (χ3n) is 1.61. The molecular weight excluding hydrogens is 118 g/mol. The third kappa shape index (κ3) is 1.67. The van der Waals surface area contributed by atoms with Crippen LogP contribution in [0.5, 0.6) is 0 Å². The van der Waals surface area contributed by atoms with Crippen LogP contribution in [0.15, 0.2) is 0 Å². The van der Waals surface area contributed by atoms with Gasteiger partial charge < -0.3 is 4.90 Å². The molecule has 2 heteroatoms. The summed E-state index contributed by atoms with van der Waals surface area (Å²) in [6, 6.07) is 0. The lowest BCUT2D eigenvalue weighted by molar-refractivity contribution is 0.362. The Morgan fingerprint density at radius 1 is 1.25 bits per heavy atom. The molecule has 1 radical (unpaired) electrons. The lowest BCUT2D eigenvalue weighted by Crippen LogP contribution is -2.21. The Morgan fingerprint density at radius 3 is 2.38 bits per heavy atom. The van der Waals surface area contributed by atoms with Crippen molar-refractivity contribution in [3.05, 3.63) is 0 Å². The summed E-state index contributed by atoms with van der Waals surface area (Å²) in [5.74, 6) is 0.903. The predicted molar refractivity (Wildman–Crippen MR) is 38.1 cm³/mol. The van der Waals surface area contributed by atoms with Gasteiger partial charge in [0.15, 0.2) is 0 Å². The molecule has 1 fully saturated rings. The van der Waals surface area contributed by atoms with Gasteiger partial charge in [-0.15, -0.1) is 0 Å². The average Bonchev–Trinajstić information content (AvgIpc) is 2.19. The maximum atomic E-state index is 4.85. The SMILES string of the molecule is [S]CCN1CCCC1. The van der Waals surface area contributed by atoms with Crippen molar-refractivity contribution in [2.45, 2.75) is 12.8 Å². The minimum atomic E-state index is 0.903. The first-order valence-corrected chi connectivity index (χ1v) is 3.81. The van der Waals surface area contributed by atoms with Gasteiger partial charge in [-0.2, -0.15) is 0 Å². The van der Waals surface area contributed by atoms with E-state index in [0.29, 0.717) is 0 Å². The van der Waals surface area contributed by atoms with Gasteiger partial charge in [0.2, 0.25) is 0 Å². The van der Waals surface area contributed by atoms with Gasteiger partial charge in [0.1, 0.15) is 0 Å². The van der Waals surface area contributed by atoms with Gasteiger partial charge in [-0.3, -0.25) is 0 Å². The molecule has 1 nitrogen and oxygen atoms in total. The zero-order valence-corrected chi connectivity index (χ0v) is 5.91. The molecule has 0 aromatic carbocycles. The number of nitrogens with zero attached hydrogens (tertiary/aromatic N) is 1. The van der Waals surface area contributed by atoms with Crippen LogP contribution in [0.3, 0.4) is 0 Å². The lowest BCUT2D eigenvalue weighted by atomic mass is 10.4. The molecule has 0 N–H and O–H groups in total. The summed E-state index contributed by atoms with van der Waals surface area (Å²) in [5.41, 5.74) is 0. The molecule has 0 spiro atoms. The van der Waals surface area contributed by atoms with Crippen LogP contribution in [0.25, 0.3) is 0 Å². The molecule has 47 valence electrons. The number of hydrogen-bond donors (Lipinski definition) is 0. The van der Waals surface area contributed by atoms with E-state index in [1.165, 1.54) is 25.9 Å². The molecule has 8 heavy (non-hydrogen) atoms. The van der Waals surface area contributed by atoms with Crippen molar-refractivity contribution >= 4 is 12.6 Å². The first-order chi connectivity index (χ1) is 3.93. The molecule has 1 aliphatic heterocycles. The summed E-state index contributed by atoms with van der Waals surface area (Å²) in [6.45, 7) is 3.71. The molecule has 1 heterocycles. The van der Waals surface area contributed by atoms with Crippen LogP contribution >= 0.6 is 12.6 Å². The fraction of sp³-hybridized carbons (Fsp3) is 1.00. The van der Waals surface area contributed by atoms with Crippen LogP contribution in [0.2, 0.25) is 0 Å². The van der Waals surface area contributed by atoms with Gasteiger partial charge in [-0.1, -0.05) is 12.6 Å². The maximum absolute atomic E-state index is 4.85. The summed E-state index contributed by atoms with van der Waals surface area (Å²) in [7, 11) is 0. The van der Waals surface area contributed by atoms with Gasteiger partial charge >= 0.3 is 0 Å². The summed E-state index contributed by atoms with van der Waals surface area (Å²) < 4.78 is 0. The predicted octanol–water partition coefficient (Wildman–Crippen LogP) is 1.28. The molecule has 0 aliphatic carbocycles. The second-order valence-electron chi connectivity index (χ2n) is 2.25. The molecule has 0 saturated carbocycles. The quantitative estimate of drug-likeness (QED) is 0.544. The summed E-state index contributed by atoms with van der Waals surface area (Å²) in [4.78, 5) is 2.44. The number of hydrogen-bond acceptors (Lipinski definition) is 1. The van der Waals surface area contributed by atoms with Crippen LogP contribution in [0.1, 0.15) is 12.8 Å². The van der Waals surface area contributed by atoms with Crippen LogP contribution in [0, 0.1) is 0 Å². The van der Waals surface area contributed by atoms with Crippen molar-refractivity contribution in [2.75, 3.05) is 25.4 Å². The summed E-state index contributed by atoms with van der Waals surface area (Å²) >= 11 is 4.85. The normalized spacial score (nSPS) is 22.1. The van der Waals surface area contributed by atoms with E-state index in [9.17, 15) is 0 Å². The van der Waals surface area contributed by atoms with Crippen molar-refractivity contribution in [1.82, 2.24) is 4.90 Å². The maximum Gasteiger partial charge on any atom is 0.0165 e. The van der Waals surface area contributed by atoms with E-state index in [-0.39, 0.29) is 0 Å². The molecular formula is C6H12NS. The van der Waals surface area contributed by atoms with Gasteiger partial charge in [-0.25, -0.2) is 0 Å². The van der Waals surface area contributed by atoms with Gasteiger partial charge in [0.25, 0.3) is 0 Å². The molecule has 0 bridgehead atoms. The first-order valence-electron chi connectivity index (χ1n) is 3.24. The monoisotopic (exact) mass is 130 g/mol.